The summed E-state index contributed by atoms with van der Waals surface area (Å²) in [6.45, 7) is 3.93. The molecule has 1 aromatic carbocycles. The molecule has 2 aromatic rings. The zero-order chi connectivity index (χ0) is 14.8. The van der Waals surface area contributed by atoms with Gasteiger partial charge in [0.1, 0.15) is 0 Å². The summed E-state index contributed by atoms with van der Waals surface area (Å²) in [5.74, 6) is -0.832. The van der Waals surface area contributed by atoms with Crippen LogP contribution in [0.4, 0.5) is 0 Å². The van der Waals surface area contributed by atoms with Crippen molar-refractivity contribution in [2.45, 2.75) is 26.7 Å². The maximum Gasteiger partial charge on any atom is 0.311 e. The summed E-state index contributed by atoms with van der Waals surface area (Å²) >= 11 is 0. The second kappa shape index (κ2) is 5.59. The number of nitrogens with two attached hydrogens (primary N) is 1. The molecule has 1 unspecified atom stereocenters. The van der Waals surface area contributed by atoms with E-state index >= 15 is 0 Å². The topological polar surface area (TPSA) is 76.2 Å². The molecule has 0 amide bonds. The summed E-state index contributed by atoms with van der Waals surface area (Å²) < 4.78 is 0. The molecule has 0 saturated carbocycles. The number of nitrogens with zero attached hydrogens (tertiary/aromatic N) is 1. The maximum atomic E-state index is 11.6. The van der Waals surface area contributed by atoms with Gasteiger partial charge in [0.2, 0.25) is 0 Å². The summed E-state index contributed by atoms with van der Waals surface area (Å²) in [5, 5.41) is 10.5. The molecule has 106 valence electrons. The molecule has 1 aromatic heterocycles. The predicted molar refractivity (Wildman–Crippen MR) is 79.6 cm³/mol. The van der Waals surface area contributed by atoms with E-state index < -0.39 is 11.4 Å². The summed E-state index contributed by atoms with van der Waals surface area (Å²) in [7, 11) is 0. The molecule has 0 aliphatic rings. The van der Waals surface area contributed by atoms with E-state index in [-0.39, 0.29) is 6.54 Å². The smallest absolute Gasteiger partial charge is 0.311 e. The van der Waals surface area contributed by atoms with Crippen molar-refractivity contribution < 1.29 is 9.90 Å². The van der Waals surface area contributed by atoms with Crippen molar-refractivity contribution in [1.82, 2.24) is 4.98 Å². The minimum atomic E-state index is -0.906. The van der Waals surface area contributed by atoms with Crippen LogP contribution in [-0.4, -0.2) is 22.6 Å². The fourth-order valence-electron chi connectivity index (χ4n) is 2.56. The largest absolute Gasteiger partial charge is 0.481 e. The van der Waals surface area contributed by atoms with E-state index in [0.717, 1.165) is 22.2 Å². The van der Waals surface area contributed by atoms with E-state index in [0.29, 0.717) is 12.8 Å². The summed E-state index contributed by atoms with van der Waals surface area (Å²) in [6.07, 6.45) is 0.938. The van der Waals surface area contributed by atoms with Crippen molar-refractivity contribution in [3.05, 3.63) is 41.6 Å². The molecular weight excluding hydrogens is 252 g/mol. The van der Waals surface area contributed by atoms with Gasteiger partial charge in [0.15, 0.2) is 0 Å². The quantitative estimate of drug-likeness (QED) is 0.877. The van der Waals surface area contributed by atoms with Gasteiger partial charge >= 0.3 is 5.97 Å². The molecule has 0 spiro atoms. The van der Waals surface area contributed by atoms with Gasteiger partial charge in [0.05, 0.1) is 10.9 Å². The highest BCUT2D eigenvalue weighted by Gasteiger charge is 2.35. The van der Waals surface area contributed by atoms with Crippen LogP contribution in [-0.2, 0) is 11.2 Å². The van der Waals surface area contributed by atoms with Gasteiger partial charge in [-0.15, -0.1) is 0 Å². The Morgan fingerprint density at radius 3 is 2.70 bits per heavy atom. The third kappa shape index (κ3) is 2.51. The Hall–Kier alpha value is -1.94. The Kier molecular flexibility index (Phi) is 4.04. The van der Waals surface area contributed by atoms with Crippen molar-refractivity contribution in [3.63, 3.8) is 0 Å². The number of para-hydroxylation sites is 1. The highest BCUT2D eigenvalue weighted by atomic mass is 16.4. The lowest BCUT2D eigenvalue weighted by molar-refractivity contribution is -0.148. The van der Waals surface area contributed by atoms with Crippen molar-refractivity contribution in [2.24, 2.45) is 11.1 Å². The summed E-state index contributed by atoms with van der Waals surface area (Å²) in [5.41, 5.74) is 7.64. The first-order valence-electron chi connectivity index (χ1n) is 6.81. The van der Waals surface area contributed by atoms with Gasteiger partial charge in [-0.3, -0.25) is 9.78 Å². The second-order valence-electron chi connectivity index (χ2n) is 5.26. The first kappa shape index (κ1) is 14.5. The minimum Gasteiger partial charge on any atom is -0.481 e. The Balaban J connectivity index is 2.55. The van der Waals surface area contributed by atoms with E-state index in [1.165, 1.54) is 0 Å². The van der Waals surface area contributed by atoms with Gasteiger partial charge in [-0.05, 0) is 37.5 Å². The fourth-order valence-corrected chi connectivity index (χ4v) is 2.56. The Bertz CT molecular complexity index is 633. The molecule has 1 heterocycles. The summed E-state index contributed by atoms with van der Waals surface area (Å²) in [4.78, 5) is 16.1. The van der Waals surface area contributed by atoms with Crippen molar-refractivity contribution in [3.8, 4) is 0 Å². The van der Waals surface area contributed by atoms with Crippen LogP contribution in [0.15, 0.2) is 30.3 Å². The first-order chi connectivity index (χ1) is 9.52. The Labute approximate surface area is 118 Å². The van der Waals surface area contributed by atoms with Crippen LogP contribution in [0, 0.1) is 12.3 Å². The number of aryl methyl sites for hydroxylation is 1. The maximum absolute atomic E-state index is 11.6. The van der Waals surface area contributed by atoms with Gasteiger partial charge < -0.3 is 10.8 Å². The number of carbonyl (C=O) groups is 1. The highest BCUT2D eigenvalue weighted by molar-refractivity contribution is 5.84. The van der Waals surface area contributed by atoms with E-state index in [2.05, 4.69) is 4.98 Å². The molecule has 0 bridgehead atoms. The molecule has 20 heavy (non-hydrogen) atoms. The molecule has 0 aliphatic carbocycles. The zero-order valence-corrected chi connectivity index (χ0v) is 11.9. The van der Waals surface area contributed by atoms with Crippen LogP contribution >= 0.6 is 0 Å². The number of aromatic nitrogens is 1. The standard InChI is InChI=1S/C16H20N2O2/c1-3-16(10-17,15(19)20)9-12-8-11(2)18-14-7-5-4-6-13(12)14/h4-8H,3,9-10,17H2,1-2H3,(H,19,20). The number of hydrogen-bond donors (Lipinski definition) is 2. The Morgan fingerprint density at radius 2 is 2.10 bits per heavy atom. The molecule has 0 fully saturated rings. The van der Waals surface area contributed by atoms with E-state index in [4.69, 9.17) is 5.73 Å². The molecule has 3 N–H and O–H groups in total. The normalized spacial score (nSPS) is 14.2. The highest BCUT2D eigenvalue weighted by Crippen LogP contribution is 2.30. The number of fused-ring (bicyclic) bond motifs is 1. The Morgan fingerprint density at radius 1 is 1.40 bits per heavy atom. The van der Waals surface area contributed by atoms with Crippen molar-refractivity contribution in [1.29, 1.82) is 0 Å². The van der Waals surface area contributed by atoms with Gasteiger partial charge in [-0.25, -0.2) is 0 Å². The molecule has 4 heteroatoms. The average Bonchev–Trinajstić information content (AvgIpc) is 2.44. The SMILES string of the molecule is CCC(CN)(Cc1cc(C)nc2ccccc12)C(=O)O. The minimum absolute atomic E-state index is 0.133. The van der Waals surface area contributed by atoms with Crippen LogP contribution in [0.1, 0.15) is 24.6 Å². The lowest BCUT2D eigenvalue weighted by atomic mass is 9.78. The number of carboxylic acids is 1. The number of pyridine rings is 1. The lowest BCUT2D eigenvalue weighted by Crippen LogP contribution is -2.40. The monoisotopic (exact) mass is 272 g/mol. The van der Waals surface area contributed by atoms with Gasteiger partial charge in [0, 0.05) is 17.6 Å². The number of rotatable bonds is 5. The molecule has 0 radical (unpaired) electrons. The van der Waals surface area contributed by atoms with Crippen LogP contribution in [0.25, 0.3) is 10.9 Å². The van der Waals surface area contributed by atoms with E-state index in [9.17, 15) is 9.90 Å². The van der Waals surface area contributed by atoms with Crippen LogP contribution in [0.3, 0.4) is 0 Å². The van der Waals surface area contributed by atoms with Gasteiger partial charge in [-0.2, -0.15) is 0 Å². The number of hydrogen-bond acceptors (Lipinski definition) is 3. The molecule has 0 aliphatic heterocycles. The lowest BCUT2D eigenvalue weighted by Gasteiger charge is -2.27. The first-order valence-corrected chi connectivity index (χ1v) is 6.81. The van der Waals surface area contributed by atoms with E-state index in [1.54, 1.807) is 0 Å². The van der Waals surface area contributed by atoms with Crippen LogP contribution in [0.5, 0.6) is 0 Å². The third-order valence-electron chi connectivity index (χ3n) is 3.98. The van der Waals surface area contributed by atoms with Crippen LogP contribution < -0.4 is 5.73 Å². The fraction of sp³-hybridized carbons (Fsp3) is 0.375. The summed E-state index contributed by atoms with van der Waals surface area (Å²) in [6, 6.07) is 9.77. The zero-order valence-electron chi connectivity index (χ0n) is 11.9. The number of aliphatic carboxylic acids is 1. The second-order valence-corrected chi connectivity index (χ2v) is 5.26. The molecule has 2 rings (SSSR count). The third-order valence-corrected chi connectivity index (χ3v) is 3.98. The number of carboxylic acid groups (broad SMARTS) is 1. The predicted octanol–water partition coefficient (Wildman–Crippen LogP) is 2.53. The number of benzene rings is 1. The average molecular weight is 272 g/mol. The molecule has 1 atom stereocenters. The van der Waals surface area contributed by atoms with Gasteiger partial charge in [-0.1, -0.05) is 25.1 Å². The van der Waals surface area contributed by atoms with E-state index in [1.807, 2.05) is 44.2 Å². The molecule has 0 saturated heterocycles. The molecular formula is C16H20N2O2. The van der Waals surface area contributed by atoms with Gasteiger partial charge in [0.25, 0.3) is 0 Å². The molecule has 4 nitrogen and oxygen atoms in total. The van der Waals surface area contributed by atoms with Crippen molar-refractivity contribution >= 4 is 16.9 Å². The van der Waals surface area contributed by atoms with Crippen LogP contribution in [0.2, 0.25) is 0 Å². The van der Waals surface area contributed by atoms with Crippen molar-refractivity contribution in [2.75, 3.05) is 6.54 Å².